The Hall–Kier alpha value is -0.220. The molecule has 14 heavy (non-hydrogen) atoms. The molecule has 0 aromatic rings. The van der Waals surface area contributed by atoms with Crippen LogP contribution in [0.3, 0.4) is 0 Å². The molecule has 3 nitrogen and oxygen atoms in total. The molecule has 4 heteroatoms. The van der Waals surface area contributed by atoms with E-state index in [4.69, 9.17) is 5.73 Å². The monoisotopic (exact) mass is 214 g/mol. The molecule has 0 aromatic heterocycles. The Morgan fingerprint density at radius 3 is 2.86 bits per heavy atom. The number of carbonyl (C=O) groups excluding carboxylic acids is 1. The fourth-order valence-electron chi connectivity index (χ4n) is 1.92. The summed E-state index contributed by atoms with van der Waals surface area (Å²) in [6.07, 6.45) is 4.83. The normalized spacial score (nSPS) is 26.9. The molecule has 0 radical (unpaired) electrons. The van der Waals surface area contributed by atoms with Gasteiger partial charge in [-0.05, 0) is 25.7 Å². The quantitative estimate of drug-likeness (QED) is 0.754. The van der Waals surface area contributed by atoms with Crippen molar-refractivity contribution in [1.82, 2.24) is 4.90 Å². The number of thioether (sulfide) groups is 1. The fourth-order valence-corrected chi connectivity index (χ4v) is 2.93. The lowest BCUT2D eigenvalue weighted by atomic mass is 10.2. The number of rotatable bonds is 4. The summed E-state index contributed by atoms with van der Waals surface area (Å²) in [5.41, 5.74) is 5.63. The van der Waals surface area contributed by atoms with Gasteiger partial charge in [0.15, 0.2) is 0 Å². The first-order valence-electron chi connectivity index (χ1n) is 5.42. The summed E-state index contributed by atoms with van der Waals surface area (Å²) in [7, 11) is 0. The van der Waals surface area contributed by atoms with Gasteiger partial charge in [-0.25, -0.2) is 0 Å². The van der Waals surface area contributed by atoms with Crippen LogP contribution >= 0.6 is 11.8 Å². The molecule has 1 aliphatic heterocycles. The molecule has 2 aliphatic rings. The number of hydrogen-bond donors (Lipinski definition) is 1. The maximum atomic E-state index is 11.8. The number of nitrogens with two attached hydrogens (primary N) is 1. The summed E-state index contributed by atoms with van der Waals surface area (Å²) in [6.45, 7) is 1.55. The van der Waals surface area contributed by atoms with Crippen molar-refractivity contribution in [2.24, 2.45) is 5.73 Å². The van der Waals surface area contributed by atoms with Crippen LogP contribution in [0.25, 0.3) is 0 Å². The molecule has 80 valence electrons. The smallest absolute Gasteiger partial charge is 0.232 e. The molecule has 1 saturated heterocycles. The largest absolute Gasteiger partial charge is 0.338 e. The lowest BCUT2D eigenvalue weighted by Crippen LogP contribution is -2.40. The average molecular weight is 214 g/mol. The van der Waals surface area contributed by atoms with Crippen LogP contribution in [0, 0.1) is 0 Å². The molecule has 1 atom stereocenters. The molecule has 1 saturated carbocycles. The minimum Gasteiger partial charge on any atom is -0.338 e. The third kappa shape index (κ3) is 2.42. The van der Waals surface area contributed by atoms with Crippen molar-refractivity contribution in [1.29, 1.82) is 0 Å². The van der Waals surface area contributed by atoms with Gasteiger partial charge in [-0.2, -0.15) is 0 Å². The van der Waals surface area contributed by atoms with Gasteiger partial charge in [-0.1, -0.05) is 0 Å². The predicted octanol–water partition coefficient (Wildman–Crippen LogP) is 0.832. The minimum absolute atomic E-state index is 0.301. The van der Waals surface area contributed by atoms with Gasteiger partial charge < -0.3 is 10.6 Å². The molecular formula is C10H18N2OS. The molecule has 1 amide bonds. The van der Waals surface area contributed by atoms with E-state index >= 15 is 0 Å². The van der Waals surface area contributed by atoms with Gasteiger partial charge in [0.1, 0.15) is 0 Å². The van der Waals surface area contributed by atoms with Gasteiger partial charge in [0.05, 0.1) is 5.75 Å². The number of carbonyl (C=O) groups is 1. The summed E-state index contributed by atoms with van der Waals surface area (Å²) >= 11 is 1.82. The van der Waals surface area contributed by atoms with Gasteiger partial charge in [0, 0.05) is 24.4 Å². The van der Waals surface area contributed by atoms with Gasteiger partial charge in [-0.15, -0.1) is 11.8 Å². The van der Waals surface area contributed by atoms with Crippen LogP contribution in [0.15, 0.2) is 0 Å². The maximum Gasteiger partial charge on any atom is 0.232 e. The van der Waals surface area contributed by atoms with Crippen LogP contribution in [-0.4, -0.2) is 40.9 Å². The maximum absolute atomic E-state index is 11.8. The highest BCUT2D eigenvalue weighted by Gasteiger charge is 2.29. The summed E-state index contributed by atoms with van der Waals surface area (Å²) < 4.78 is 0. The van der Waals surface area contributed by atoms with Crippen molar-refractivity contribution in [2.45, 2.75) is 37.0 Å². The fraction of sp³-hybridized carbons (Fsp3) is 0.900. The number of nitrogens with zero attached hydrogens (tertiary/aromatic N) is 1. The van der Waals surface area contributed by atoms with Gasteiger partial charge in [0.2, 0.25) is 5.91 Å². The Morgan fingerprint density at radius 1 is 1.43 bits per heavy atom. The zero-order valence-corrected chi connectivity index (χ0v) is 9.26. The van der Waals surface area contributed by atoms with Crippen molar-refractivity contribution in [2.75, 3.05) is 18.8 Å². The van der Waals surface area contributed by atoms with Crippen LogP contribution in [0.1, 0.15) is 25.7 Å². The first-order chi connectivity index (χ1) is 6.81. The second-order valence-corrected chi connectivity index (χ2v) is 5.42. The standard InChI is InChI=1S/C10H18N2OS/c11-6-8-2-1-5-12(8)10(13)7-14-9-3-4-9/h8-9H,1-7,11H2. The second kappa shape index (κ2) is 4.53. The van der Waals surface area contributed by atoms with Crippen molar-refractivity contribution >= 4 is 17.7 Å². The van der Waals surface area contributed by atoms with Crippen LogP contribution in [-0.2, 0) is 4.79 Å². The van der Waals surface area contributed by atoms with E-state index in [1.165, 1.54) is 12.8 Å². The van der Waals surface area contributed by atoms with Crippen molar-refractivity contribution in [3.8, 4) is 0 Å². The molecule has 0 bridgehead atoms. The number of amides is 1. The van der Waals surface area contributed by atoms with E-state index in [9.17, 15) is 4.79 Å². The molecule has 1 heterocycles. The van der Waals surface area contributed by atoms with E-state index in [0.717, 1.165) is 24.6 Å². The van der Waals surface area contributed by atoms with E-state index < -0.39 is 0 Å². The molecule has 1 unspecified atom stereocenters. The van der Waals surface area contributed by atoms with Gasteiger partial charge in [0.25, 0.3) is 0 Å². The Morgan fingerprint density at radius 2 is 2.21 bits per heavy atom. The first-order valence-corrected chi connectivity index (χ1v) is 6.47. The zero-order valence-electron chi connectivity index (χ0n) is 8.45. The molecule has 2 fully saturated rings. The predicted molar refractivity (Wildman–Crippen MR) is 59.3 cm³/mol. The lowest BCUT2D eigenvalue weighted by molar-refractivity contribution is -0.128. The first kappa shape index (κ1) is 10.3. The van der Waals surface area contributed by atoms with Crippen LogP contribution in [0.2, 0.25) is 0 Å². The number of hydrogen-bond acceptors (Lipinski definition) is 3. The Labute approximate surface area is 89.4 Å². The highest BCUT2D eigenvalue weighted by Crippen LogP contribution is 2.34. The minimum atomic E-state index is 0.301. The SMILES string of the molecule is NCC1CCCN1C(=O)CSC1CC1. The van der Waals surface area contributed by atoms with E-state index in [0.29, 0.717) is 24.2 Å². The summed E-state index contributed by atoms with van der Waals surface area (Å²) in [4.78, 5) is 13.8. The topological polar surface area (TPSA) is 46.3 Å². The highest BCUT2D eigenvalue weighted by molar-refractivity contribution is 8.00. The molecule has 0 spiro atoms. The second-order valence-electron chi connectivity index (χ2n) is 4.13. The van der Waals surface area contributed by atoms with Crippen molar-refractivity contribution < 1.29 is 4.79 Å². The lowest BCUT2D eigenvalue weighted by Gasteiger charge is -2.23. The van der Waals surface area contributed by atoms with Crippen LogP contribution < -0.4 is 5.73 Å². The molecule has 2 rings (SSSR count). The highest BCUT2D eigenvalue weighted by atomic mass is 32.2. The van der Waals surface area contributed by atoms with Crippen molar-refractivity contribution in [3.05, 3.63) is 0 Å². The summed E-state index contributed by atoms with van der Waals surface area (Å²) in [5.74, 6) is 0.969. The van der Waals surface area contributed by atoms with Crippen LogP contribution in [0.5, 0.6) is 0 Å². The average Bonchev–Trinajstić information content (AvgIpc) is 2.90. The molecule has 2 N–H and O–H groups in total. The van der Waals surface area contributed by atoms with Gasteiger partial charge >= 0.3 is 0 Å². The van der Waals surface area contributed by atoms with E-state index in [2.05, 4.69) is 0 Å². The zero-order chi connectivity index (χ0) is 9.97. The van der Waals surface area contributed by atoms with E-state index in [1.807, 2.05) is 16.7 Å². The Kier molecular flexibility index (Phi) is 3.34. The third-order valence-corrected chi connectivity index (χ3v) is 4.29. The van der Waals surface area contributed by atoms with Gasteiger partial charge in [-0.3, -0.25) is 4.79 Å². The molecular weight excluding hydrogens is 196 g/mol. The van der Waals surface area contributed by atoms with Crippen LogP contribution in [0.4, 0.5) is 0 Å². The third-order valence-electron chi connectivity index (χ3n) is 2.94. The summed E-state index contributed by atoms with van der Waals surface area (Å²) in [6, 6.07) is 0.322. The van der Waals surface area contributed by atoms with E-state index in [1.54, 1.807) is 0 Å². The summed E-state index contributed by atoms with van der Waals surface area (Å²) in [5, 5.41) is 0.776. The molecule has 1 aliphatic carbocycles. The Balaban J connectivity index is 1.76. The van der Waals surface area contributed by atoms with E-state index in [-0.39, 0.29) is 0 Å². The van der Waals surface area contributed by atoms with Crippen molar-refractivity contribution in [3.63, 3.8) is 0 Å². The Bertz CT molecular complexity index is 218. The number of likely N-dealkylation sites (tertiary alicyclic amines) is 1. The molecule has 0 aromatic carbocycles.